The molecule has 2 heterocycles. The second kappa shape index (κ2) is 11.5. The Morgan fingerprint density at radius 3 is 2.31 bits per heavy atom. The van der Waals surface area contributed by atoms with Crippen molar-refractivity contribution in [2.75, 3.05) is 20.1 Å². The minimum absolute atomic E-state index is 0. The number of nitrogens with zero attached hydrogens (tertiary/aromatic N) is 5. The molecule has 0 saturated carbocycles. The summed E-state index contributed by atoms with van der Waals surface area (Å²) in [7, 11) is 3.64. The number of rotatable bonds is 6. The van der Waals surface area contributed by atoms with E-state index in [4.69, 9.17) is 4.74 Å². The lowest BCUT2D eigenvalue weighted by Crippen LogP contribution is -2.44. The van der Waals surface area contributed by atoms with Crippen LogP contribution in [0, 0.1) is 0 Å². The van der Waals surface area contributed by atoms with Crippen molar-refractivity contribution < 1.29 is 4.74 Å². The van der Waals surface area contributed by atoms with E-state index < -0.39 is 0 Å². The third kappa shape index (κ3) is 7.23. The average Bonchev–Trinajstić information content (AvgIpc) is 3.07. The van der Waals surface area contributed by atoms with E-state index in [1.807, 2.05) is 7.05 Å². The molecule has 160 valence electrons. The summed E-state index contributed by atoms with van der Waals surface area (Å²) in [5, 5.41) is 10.7. The molecule has 2 atom stereocenters. The Kier molecular flexibility index (Phi) is 9.31. The Bertz CT molecular complexity index is 767. The van der Waals surface area contributed by atoms with Crippen LogP contribution >= 0.6 is 24.0 Å². The van der Waals surface area contributed by atoms with Gasteiger partial charge in [-0.3, -0.25) is 14.6 Å². The number of aliphatic imine (C=N–C) groups is 1. The molecule has 0 bridgehead atoms. The first-order chi connectivity index (χ1) is 13.5. The molecule has 1 saturated heterocycles. The van der Waals surface area contributed by atoms with Crippen LogP contribution in [-0.4, -0.2) is 58.0 Å². The lowest BCUT2D eigenvalue weighted by molar-refractivity contribution is -0.0704. The number of hydrogen-bond donors (Lipinski definition) is 2. The third-order valence-electron chi connectivity index (χ3n) is 4.83. The number of guanidine groups is 1. The quantitative estimate of drug-likeness (QED) is 0.349. The van der Waals surface area contributed by atoms with E-state index in [2.05, 4.69) is 68.7 Å². The van der Waals surface area contributed by atoms with Crippen molar-refractivity contribution in [2.24, 2.45) is 12.0 Å². The van der Waals surface area contributed by atoms with E-state index in [9.17, 15) is 0 Å². The highest BCUT2D eigenvalue weighted by Gasteiger charge is 2.21. The lowest BCUT2D eigenvalue weighted by atomic mass is 10.1. The number of benzene rings is 1. The zero-order valence-electron chi connectivity index (χ0n) is 17.6. The van der Waals surface area contributed by atoms with Gasteiger partial charge >= 0.3 is 0 Å². The molecule has 1 aliphatic heterocycles. The zero-order chi connectivity index (χ0) is 19.9. The molecule has 3 rings (SSSR count). The number of ether oxygens (including phenoxy) is 1. The number of aryl methyl sites for hydroxylation is 1. The van der Waals surface area contributed by atoms with Crippen LogP contribution in [0.15, 0.2) is 35.6 Å². The van der Waals surface area contributed by atoms with Crippen molar-refractivity contribution in [3.8, 4) is 0 Å². The lowest BCUT2D eigenvalue weighted by Gasteiger charge is -2.35. The van der Waals surface area contributed by atoms with Crippen LogP contribution in [0.3, 0.4) is 0 Å². The van der Waals surface area contributed by atoms with Crippen LogP contribution in [0.25, 0.3) is 0 Å². The van der Waals surface area contributed by atoms with Crippen molar-refractivity contribution >= 4 is 29.9 Å². The van der Waals surface area contributed by atoms with Gasteiger partial charge in [-0.2, -0.15) is 5.10 Å². The van der Waals surface area contributed by atoms with E-state index in [-0.39, 0.29) is 24.0 Å². The van der Waals surface area contributed by atoms with Gasteiger partial charge in [0.15, 0.2) is 5.96 Å². The summed E-state index contributed by atoms with van der Waals surface area (Å²) >= 11 is 0. The number of aromatic nitrogens is 3. The summed E-state index contributed by atoms with van der Waals surface area (Å²) < 4.78 is 7.56. The molecule has 0 radical (unpaired) electrons. The molecule has 1 aliphatic rings. The molecule has 1 aromatic heterocycles. The van der Waals surface area contributed by atoms with E-state index in [0.717, 1.165) is 31.4 Å². The Hall–Kier alpha value is -1.72. The fourth-order valence-electron chi connectivity index (χ4n) is 3.48. The zero-order valence-corrected chi connectivity index (χ0v) is 20.0. The number of morpholine rings is 1. The van der Waals surface area contributed by atoms with Crippen molar-refractivity contribution in [1.29, 1.82) is 0 Å². The largest absolute Gasteiger partial charge is 0.373 e. The first kappa shape index (κ1) is 23.6. The summed E-state index contributed by atoms with van der Waals surface area (Å²) in [6, 6.07) is 8.76. The number of halogens is 1. The van der Waals surface area contributed by atoms with Crippen LogP contribution < -0.4 is 10.6 Å². The summed E-state index contributed by atoms with van der Waals surface area (Å²) in [4.78, 5) is 10.9. The molecule has 0 amide bonds. The smallest absolute Gasteiger partial charge is 0.191 e. The third-order valence-corrected chi connectivity index (χ3v) is 4.83. The summed E-state index contributed by atoms with van der Waals surface area (Å²) in [6.45, 7) is 8.51. The van der Waals surface area contributed by atoms with Gasteiger partial charge in [0.25, 0.3) is 0 Å². The normalized spacial score (nSPS) is 20.2. The molecule has 9 heteroatoms. The highest BCUT2D eigenvalue weighted by atomic mass is 127. The van der Waals surface area contributed by atoms with Crippen molar-refractivity contribution in [1.82, 2.24) is 30.3 Å². The van der Waals surface area contributed by atoms with Gasteiger partial charge in [-0.25, -0.2) is 4.98 Å². The maximum absolute atomic E-state index is 5.81. The first-order valence-electron chi connectivity index (χ1n) is 9.76. The molecule has 2 aromatic rings. The molecule has 2 unspecified atom stereocenters. The van der Waals surface area contributed by atoms with Gasteiger partial charge in [0.2, 0.25) is 0 Å². The Morgan fingerprint density at radius 1 is 1.10 bits per heavy atom. The van der Waals surface area contributed by atoms with Gasteiger partial charge in [0.1, 0.15) is 12.2 Å². The fourth-order valence-corrected chi connectivity index (χ4v) is 3.48. The van der Waals surface area contributed by atoms with Crippen molar-refractivity contribution in [2.45, 2.75) is 45.7 Å². The van der Waals surface area contributed by atoms with Crippen molar-refractivity contribution in [3.63, 3.8) is 0 Å². The molecule has 8 nitrogen and oxygen atoms in total. The molecule has 0 aliphatic carbocycles. The predicted molar refractivity (Wildman–Crippen MR) is 125 cm³/mol. The number of hydrogen-bond acceptors (Lipinski definition) is 5. The molecule has 29 heavy (non-hydrogen) atoms. The Balaban J connectivity index is 0.00000300. The van der Waals surface area contributed by atoms with Crippen LogP contribution in [0.5, 0.6) is 0 Å². The summed E-state index contributed by atoms with van der Waals surface area (Å²) in [5.41, 5.74) is 2.55. The van der Waals surface area contributed by atoms with Crippen LogP contribution in [0.2, 0.25) is 0 Å². The van der Waals surface area contributed by atoms with Gasteiger partial charge in [0, 0.05) is 40.3 Å². The average molecular weight is 513 g/mol. The summed E-state index contributed by atoms with van der Waals surface area (Å²) in [5.74, 6) is 1.60. The minimum atomic E-state index is 0. The topological polar surface area (TPSA) is 79.6 Å². The Labute approximate surface area is 190 Å². The molecular formula is C20H32IN7O. The van der Waals surface area contributed by atoms with Crippen LogP contribution in [-0.2, 0) is 31.4 Å². The number of nitrogens with one attached hydrogen (secondary N) is 2. The highest BCUT2D eigenvalue weighted by Crippen LogP contribution is 2.14. The van der Waals surface area contributed by atoms with Gasteiger partial charge in [-0.05, 0) is 25.0 Å². The molecule has 2 N–H and O–H groups in total. The van der Waals surface area contributed by atoms with E-state index in [1.54, 1.807) is 18.1 Å². The van der Waals surface area contributed by atoms with E-state index in [1.165, 1.54) is 11.1 Å². The monoisotopic (exact) mass is 513 g/mol. The maximum Gasteiger partial charge on any atom is 0.191 e. The fraction of sp³-hybridized carbons (Fsp3) is 0.550. The van der Waals surface area contributed by atoms with Crippen LogP contribution in [0.1, 0.15) is 30.8 Å². The SMILES string of the molecule is CN=C(NCc1ccc(CN2CC(C)OC(C)C2)cc1)NCc1ncnn1C.I. The van der Waals surface area contributed by atoms with Gasteiger partial charge in [0.05, 0.1) is 18.8 Å². The second-order valence-electron chi connectivity index (χ2n) is 7.35. The van der Waals surface area contributed by atoms with Crippen molar-refractivity contribution in [3.05, 3.63) is 47.5 Å². The second-order valence-corrected chi connectivity index (χ2v) is 7.35. The van der Waals surface area contributed by atoms with Crippen LogP contribution in [0.4, 0.5) is 0 Å². The Morgan fingerprint density at radius 2 is 1.72 bits per heavy atom. The molecule has 0 spiro atoms. The standard InChI is InChI=1S/C20H31N7O.HI/c1-15-11-27(12-16(2)28-15)13-18-7-5-17(6-8-18)9-22-20(21-3)23-10-19-24-14-25-26(19)4;/h5-8,14-16H,9-13H2,1-4H3,(H2,21,22,23);1H. The minimum Gasteiger partial charge on any atom is -0.373 e. The molecule has 1 aromatic carbocycles. The predicted octanol–water partition coefficient (Wildman–Crippen LogP) is 1.91. The van der Waals surface area contributed by atoms with E-state index >= 15 is 0 Å². The van der Waals surface area contributed by atoms with Gasteiger partial charge in [-0.1, -0.05) is 24.3 Å². The maximum atomic E-state index is 5.81. The highest BCUT2D eigenvalue weighted by molar-refractivity contribution is 14.0. The van der Waals surface area contributed by atoms with Gasteiger partial charge < -0.3 is 15.4 Å². The van der Waals surface area contributed by atoms with E-state index in [0.29, 0.717) is 25.3 Å². The van der Waals surface area contributed by atoms with Gasteiger partial charge in [-0.15, -0.1) is 24.0 Å². The summed E-state index contributed by atoms with van der Waals surface area (Å²) in [6.07, 6.45) is 2.15. The molecule has 1 fully saturated rings. The first-order valence-corrected chi connectivity index (χ1v) is 9.76. The molecular weight excluding hydrogens is 481 g/mol.